The Balaban J connectivity index is 1.97. The molecule has 108 valence electrons. The lowest BCUT2D eigenvalue weighted by Gasteiger charge is -2.25. The van der Waals surface area contributed by atoms with Crippen LogP contribution in [-0.2, 0) is 12.0 Å². The largest absolute Gasteiger partial charge is 0.312 e. The van der Waals surface area contributed by atoms with Crippen LogP contribution in [0.15, 0.2) is 48.5 Å². The van der Waals surface area contributed by atoms with Crippen LogP contribution in [0.25, 0.3) is 0 Å². The second kappa shape index (κ2) is 6.51. The Labute approximate surface area is 125 Å². The second-order valence-corrected chi connectivity index (χ2v) is 5.77. The predicted octanol–water partition coefficient (Wildman–Crippen LogP) is 3.76. The molecule has 0 aliphatic rings. The monoisotopic (exact) mass is 282 g/mol. The zero-order chi connectivity index (χ0) is 15.3. The summed E-state index contributed by atoms with van der Waals surface area (Å²) >= 11 is 0. The molecule has 1 N–H and O–H groups in total. The van der Waals surface area contributed by atoms with E-state index in [1.807, 2.05) is 24.3 Å². The van der Waals surface area contributed by atoms with E-state index in [1.165, 1.54) is 11.6 Å². The summed E-state index contributed by atoms with van der Waals surface area (Å²) in [6, 6.07) is 16.8. The molecule has 2 rings (SSSR count). The molecule has 0 fully saturated rings. The molecule has 0 amide bonds. The molecule has 0 spiro atoms. The standard InChI is InChI=1S/C18H19FN2/c1-18(2,16-6-4-3-5-7-16)13-21-12-15-9-8-14(11-20)10-17(15)19/h3-10,21H,12-13H2,1-2H3. The summed E-state index contributed by atoms with van der Waals surface area (Å²) in [5.41, 5.74) is 2.15. The number of hydrogen-bond acceptors (Lipinski definition) is 2. The number of hydrogen-bond donors (Lipinski definition) is 1. The van der Waals surface area contributed by atoms with Gasteiger partial charge in [-0.05, 0) is 17.7 Å². The van der Waals surface area contributed by atoms with Crippen LogP contribution in [0, 0.1) is 17.1 Å². The third-order valence-corrected chi connectivity index (χ3v) is 3.62. The van der Waals surface area contributed by atoms with Crippen molar-refractivity contribution >= 4 is 0 Å². The first kappa shape index (κ1) is 15.2. The van der Waals surface area contributed by atoms with E-state index in [2.05, 4.69) is 31.3 Å². The van der Waals surface area contributed by atoms with Crippen molar-refractivity contribution in [2.75, 3.05) is 6.54 Å². The van der Waals surface area contributed by atoms with Crippen molar-refractivity contribution in [1.82, 2.24) is 5.32 Å². The zero-order valence-electron chi connectivity index (χ0n) is 12.4. The summed E-state index contributed by atoms with van der Waals surface area (Å²) in [5.74, 6) is -0.334. The molecular formula is C18H19FN2. The summed E-state index contributed by atoms with van der Waals surface area (Å²) in [4.78, 5) is 0. The van der Waals surface area contributed by atoms with Crippen LogP contribution in [-0.4, -0.2) is 6.54 Å². The van der Waals surface area contributed by atoms with Crippen molar-refractivity contribution in [3.8, 4) is 6.07 Å². The smallest absolute Gasteiger partial charge is 0.129 e. The molecule has 21 heavy (non-hydrogen) atoms. The highest BCUT2D eigenvalue weighted by Gasteiger charge is 2.19. The van der Waals surface area contributed by atoms with Gasteiger partial charge in [0.25, 0.3) is 0 Å². The first-order valence-electron chi connectivity index (χ1n) is 6.98. The summed E-state index contributed by atoms with van der Waals surface area (Å²) in [7, 11) is 0. The molecule has 0 unspecified atom stereocenters. The highest BCUT2D eigenvalue weighted by atomic mass is 19.1. The average molecular weight is 282 g/mol. The Morgan fingerprint density at radius 2 is 1.86 bits per heavy atom. The Morgan fingerprint density at radius 1 is 1.14 bits per heavy atom. The molecule has 2 aromatic carbocycles. The maximum atomic E-state index is 13.8. The molecule has 0 saturated carbocycles. The van der Waals surface area contributed by atoms with Gasteiger partial charge in [-0.3, -0.25) is 0 Å². The van der Waals surface area contributed by atoms with Gasteiger partial charge in [-0.1, -0.05) is 50.2 Å². The fraction of sp³-hybridized carbons (Fsp3) is 0.278. The molecule has 0 bridgehead atoms. The van der Waals surface area contributed by atoms with Gasteiger partial charge < -0.3 is 5.32 Å². The normalized spacial score (nSPS) is 11.1. The first-order valence-corrected chi connectivity index (χ1v) is 6.98. The zero-order valence-corrected chi connectivity index (χ0v) is 12.4. The van der Waals surface area contributed by atoms with Crippen LogP contribution in [0.4, 0.5) is 4.39 Å². The lowest BCUT2D eigenvalue weighted by Crippen LogP contribution is -2.32. The maximum absolute atomic E-state index is 13.8. The predicted molar refractivity (Wildman–Crippen MR) is 82.3 cm³/mol. The Kier molecular flexibility index (Phi) is 4.72. The minimum atomic E-state index is -0.334. The minimum absolute atomic E-state index is 0.0235. The van der Waals surface area contributed by atoms with Gasteiger partial charge in [0.2, 0.25) is 0 Å². The van der Waals surface area contributed by atoms with Crippen LogP contribution < -0.4 is 5.32 Å². The number of rotatable bonds is 5. The van der Waals surface area contributed by atoms with E-state index in [9.17, 15) is 4.39 Å². The van der Waals surface area contributed by atoms with Gasteiger partial charge in [-0.25, -0.2) is 4.39 Å². The van der Waals surface area contributed by atoms with E-state index in [1.54, 1.807) is 12.1 Å². The molecule has 3 heteroatoms. The summed E-state index contributed by atoms with van der Waals surface area (Å²) in [6.07, 6.45) is 0. The van der Waals surface area contributed by atoms with Gasteiger partial charge in [-0.15, -0.1) is 0 Å². The Hall–Kier alpha value is -2.18. The van der Waals surface area contributed by atoms with E-state index in [4.69, 9.17) is 5.26 Å². The van der Waals surface area contributed by atoms with Crippen LogP contribution in [0.3, 0.4) is 0 Å². The second-order valence-electron chi connectivity index (χ2n) is 5.77. The number of halogens is 1. The third kappa shape index (κ3) is 3.90. The molecule has 0 aliphatic heterocycles. The Bertz CT molecular complexity index is 642. The van der Waals surface area contributed by atoms with E-state index in [-0.39, 0.29) is 11.2 Å². The molecule has 0 heterocycles. The topological polar surface area (TPSA) is 35.8 Å². The number of nitrogens with one attached hydrogen (secondary N) is 1. The quantitative estimate of drug-likeness (QED) is 0.906. The van der Waals surface area contributed by atoms with E-state index in [0.717, 1.165) is 6.54 Å². The van der Waals surface area contributed by atoms with Crippen molar-refractivity contribution < 1.29 is 4.39 Å². The van der Waals surface area contributed by atoms with Crippen LogP contribution >= 0.6 is 0 Å². The lowest BCUT2D eigenvalue weighted by molar-refractivity contribution is 0.464. The fourth-order valence-corrected chi connectivity index (χ4v) is 2.26. The van der Waals surface area contributed by atoms with Crippen molar-refractivity contribution in [3.05, 3.63) is 71.0 Å². The van der Waals surface area contributed by atoms with E-state index in [0.29, 0.717) is 17.7 Å². The van der Waals surface area contributed by atoms with Crippen molar-refractivity contribution in [2.45, 2.75) is 25.8 Å². The van der Waals surface area contributed by atoms with Crippen molar-refractivity contribution in [1.29, 1.82) is 5.26 Å². The van der Waals surface area contributed by atoms with E-state index >= 15 is 0 Å². The molecule has 0 atom stereocenters. The van der Waals surface area contributed by atoms with Crippen LogP contribution in [0.2, 0.25) is 0 Å². The van der Waals surface area contributed by atoms with Gasteiger partial charge in [0.15, 0.2) is 0 Å². The Morgan fingerprint density at radius 3 is 2.48 bits per heavy atom. The third-order valence-electron chi connectivity index (χ3n) is 3.62. The number of nitrogens with zero attached hydrogens (tertiary/aromatic N) is 1. The highest BCUT2D eigenvalue weighted by molar-refractivity contribution is 5.33. The van der Waals surface area contributed by atoms with Gasteiger partial charge in [0, 0.05) is 24.1 Å². The minimum Gasteiger partial charge on any atom is -0.312 e. The molecule has 2 nitrogen and oxygen atoms in total. The summed E-state index contributed by atoms with van der Waals surface area (Å²) in [5, 5.41) is 12.0. The highest BCUT2D eigenvalue weighted by Crippen LogP contribution is 2.22. The number of nitriles is 1. The molecule has 0 radical (unpaired) electrons. The van der Waals surface area contributed by atoms with Crippen LogP contribution in [0.1, 0.15) is 30.5 Å². The van der Waals surface area contributed by atoms with Gasteiger partial charge in [-0.2, -0.15) is 5.26 Å². The van der Waals surface area contributed by atoms with E-state index < -0.39 is 0 Å². The lowest BCUT2D eigenvalue weighted by atomic mass is 9.84. The molecule has 2 aromatic rings. The van der Waals surface area contributed by atoms with Gasteiger partial charge in [0.1, 0.15) is 5.82 Å². The summed E-state index contributed by atoms with van der Waals surface area (Å²) < 4.78 is 13.8. The SMILES string of the molecule is CC(C)(CNCc1ccc(C#N)cc1F)c1ccccc1. The molecule has 0 saturated heterocycles. The number of benzene rings is 2. The first-order chi connectivity index (χ1) is 10.0. The maximum Gasteiger partial charge on any atom is 0.129 e. The van der Waals surface area contributed by atoms with Gasteiger partial charge >= 0.3 is 0 Å². The van der Waals surface area contributed by atoms with Gasteiger partial charge in [0.05, 0.1) is 11.6 Å². The summed E-state index contributed by atoms with van der Waals surface area (Å²) in [6.45, 7) is 5.51. The molecule has 0 aromatic heterocycles. The fourth-order valence-electron chi connectivity index (χ4n) is 2.26. The average Bonchev–Trinajstić information content (AvgIpc) is 2.49. The van der Waals surface area contributed by atoms with Crippen molar-refractivity contribution in [3.63, 3.8) is 0 Å². The van der Waals surface area contributed by atoms with Crippen molar-refractivity contribution in [2.24, 2.45) is 0 Å². The molecular weight excluding hydrogens is 263 g/mol. The van der Waals surface area contributed by atoms with Crippen LogP contribution in [0.5, 0.6) is 0 Å². The molecule has 0 aliphatic carbocycles.